The minimum atomic E-state index is 0.335. The highest BCUT2D eigenvalue weighted by Crippen LogP contribution is 2.35. The Bertz CT molecular complexity index is 583. The average Bonchev–Trinajstić information content (AvgIpc) is 2.98. The summed E-state index contributed by atoms with van der Waals surface area (Å²) in [5, 5.41) is 3.57. The Labute approximate surface area is 125 Å². The van der Waals surface area contributed by atoms with Crippen molar-refractivity contribution in [3.63, 3.8) is 0 Å². The number of hydrogen-bond donors (Lipinski definition) is 1. The van der Waals surface area contributed by atoms with Gasteiger partial charge in [-0.1, -0.05) is 42.5 Å². The normalized spacial score (nSPS) is 14.1. The lowest BCUT2D eigenvalue weighted by Gasteiger charge is -2.15. The summed E-state index contributed by atoms with van der Waals surface area (Å²) >= 11 is 0. The van der Waals surface area contributed by atoms with Crippen molar-refractivity contribution in [2.75, 3.05) is 13.3 Å². The van der Waals surface area contributed by atoms with Gasteiger partial charge >= 0.3 is 0 Å². The molecule has 1 aliphatic heterocycles. The van der Waals surface area contributed by atoms with Crippen molar-refractivity contribution in [2.45, 2.75) is 25.8 Å². The zero-order chi connectivity index (χ0) is 14.5. The van der Waals surface area contributed by atoms with Crippen LogP contribution in [0.2, 0.25) is 0 Å². The molecule has 1 aliphatic rings. The van der Waals surface area contributed by atoms with Crippen molar-refractivity contribution in [1.82, 2.24) is 5.32 Å². The molecular weight excluding hydrogens is 262 g/mol. The van der Waals surface area contributed by atoms with Crippen molar-refractivity contribution in [3.05, 3.63) is 59.7 Å². The summed E-state index contributed by atoms with van der Waals surface area (Å²) in [5.74, 6) is 1.78. The van der Waals surface area contributed by atoms with Gasteiger partial charge in [0.05, 0.1) is 0 Å². The number of rotatable bonds is 6. The predicted octanol–water partition coefficient (Wildman–Crippen LogP) is 3.18. The van der Waals surface area contributed by atoms with Gasteiger partial charge in [0.2, 0.25) is 6.79 Å². The number of fused-ring (bicyclic) bond motifs is 1. The summed E-state index contributed by atoms with van der Waals surface area (Å²) in [6, 6.07) is 17.1. The Morgan fingerprint density at radius 2 is 1.90 bits per heavy atom. The Morgan fingerprint density at radius 1 is 1.05 bits per heavy atom. The van der Waals surface area contributed by atoms with Gasteiger partial charge in [0.25, 0.3) is 0 Å². The molecule has 0 saturated heterocycles. The quantitative estimate of drug-likeness (QED) is 0.883. The molecule has 21 heavy (non-hydrogen) atoms. The molecule has 0 bridgehead atoms. The van der Waals surface area contributed by atoms with E-state index < -0.39 is 0 Å². The van der Waals surface area contributed by atoms with Crippen LogP contribution in [0.5, 0.6) is 11.5 Å². The molecular formula is C18H21NO2. The summed E-state index contributed by atoms with van der Waals surface area (Å²) < 4.78 is 11.0. The van der Waals surface area contributed by atoms with Crippen LogP contribution in [0.3, 0.4) is 0 Å². The summed E-state index contributed by atoms with van der Waals surface area (Å²) in [7, 11) is 0. The first kappa shape index (κ1) is 14.0. The molecule has 2 aromatic rings. The zero-order valence-electron chi connectivity index (χ0n) is 12.3. The van der Waals surface area contributed by atoms with Gasteiger partial charge in [0.1, 0.15) is 0 Å². The molecule has 0 radical (unpaired) electrons. The lowest BCUT2D eigenvalue weighted by molar-refractivity contribution is 0.173. The minimum Gasteiger partial charge on any atom is -0.454 e. The van der Waals surface area contributed by atoms with Crippen LogP contribution in [0, 0.1) is 0 Å². The molecule has 0 aromatic heterocycles. The number of hydrogen-bond acceptors (Lipinski definition) is 3. The number of nitrogens with one attached hydrogen (secondary N) is 1. The maximum absolute atomic E-state index is 5.55. The standard InChI is InChI=1S/C18H21NO2/c1-14(19-11-10-15-6-3-2-4-7-15)12-16-8-5-9-17-18(16)21-13-20-17/h2-9,14,19H,10-13H2,1H3/t14-/m0/s1. The van der Waals surface area contributed by atoms with Gasteiger partial charge in [-0.05, 0) is 43.5 Å². The van der Waals surface area contributed by atoms with Crippen molar-refractivity contribution >= 4 is 0 Å². The molecule has 3 nitrogen and oxygen atoms in total. The molecule has 1 N–H and O–H groups in total. The summed E-state index contributed by atoms with van der Waals surface area (Å²) in [5.41, 5.74) is 2.58. The van der Waals surface area contributed by atoms with Gasteiger partial charge in [-0.15, -0.1) is 0 Å². The van der Waals surface area contributed by atoms with E-state index in [0.717, 1.165) is 30.9 Å². The molecule has 1 atom stereocenters. The van der Waals surface area contributed by atoms with E-state index in [-0.39, 0.29) is 0 Å². The Kier molecular flexibility index (Phi) is 4.41. The topological polar surface area (TPSA) is 30.5 Å². The van der Waals surface area contributed by atoms with E-state index in [9.17, 15) is 0 Å². The molecule has 0 amide bonds. The first-order chi connectivity index (χ1) is 10.3. The van der Waals surface area contributed by atoms with Crippen LogP contribution >= 0.6 is 0 Å². The maximum atomic E-state index is 5.55. The molecule has 0 saturated carbocycles. The van der Waals surface area contributed by atoms with Crippen molar-refractivity contribution < 1.29 is 9.47 Å². The Hall–Kier alpha value is -2.00. The Morgan fingerprint density at radius 3 is 2.76 bits per heavy atom. The molecule has 3 rings (SSSR count). The fourth-order valence-corrected chi connectivity index (χ4v) is 2.66. The van der Waals surface area contributed by atoms with E-state index in [4.69, 9.17) is 9.47 Å². The van der Waals surface area contributed by atoms with Crippen LogP contribution in [-0.4, -0.2) is 19.4 Å². The molecule has 0 unspecified atom stereocenters. The minimum absolute atomic E-state index is 0.335. The molecule has 1 heterocycles. The first-order valence-electron chi connectivity index (χ1n) is 7.48. The third-order valence-electron chi connectivity index (χ3n) is 3.75. The van der Waals surface area contributed by atoms with Gasteiger partial charge in [0, 0.05) is 6.04 Å². The SMILES string of the molecule is C[C@@H](Cc1cccc2c1OCO2)NCCc1ccccc1. The van der Waals surface area contributed by atoms with Crippen LogP contribution < -0.4 is 14.8 Å². The van der Waals surface area contributed by atoms with Gasteiger partial charge in [0.15, 0.2) is 11.5 Å². The lowest BCUT2D eigenvalue weighted by Crippen LogP contribution is -2.30. The highest BCUT2D eigenvalue weighted by atomic mass is 16.7. The molecule has 0 fully saturated rings. The third kappa shape index (κ3) is 3.56. The fourth-order valence-electron chi connectivity index (χ4n) is 2.66. The largest absolute Gasteiger partial charge is 0.454 e. The van der Waals surface area contributed by atoms with E-state index >= 15 is 0 Å². The second-order valence-electron chi connectivity index (χ2n) is 5.45. The number of para-hydroxylation sites is 1. The van der Waals surface area contributed by atoms with Crippen molar-refractivity contribution in [3.8, 4) is 11.5 Å². The van der Waals surface area contributed by atoms with Crippen LogP contribution in [0.25, 0.3) is 0 Å². The van der Waals surface area contributed by atoms with Gasteiger partial charge < -0.3 is 14.8 Å². The van der Waals surface area contributed by atoms with Gasteiger partial charge in [-0.25, -0.2) is 0 Å². The highest BCUT2D eigenvalue weighted by molar-refractivity contribution is 5.48. The molecule has 2 aromatic carbocycles. The smallest absolute Gasteiger partial charge is 0.231 e. The van der Waals surface area contributed by atoms with Crippen molar-refractivity contribution in [1.29, 1.82) is 0 Å². The fraction of sp³-hybridized carbons (Fsp3) is 0.333. The molecule has 0 spiro atoms. The van der Waals surface area contributed by atoms with Crippen LogP contribution in [0.4, 0.5) is 0 Å². The number of ether oxygens (including phenoxy) is 2. The Balaban J connectivity index is 1.51. The average molecular weight is 283 g/mol. The second kappa shape index (κ2) is 6.64. The van der Waals surface area contributed by atoms with Crippen LogP contribution in [0.15, 0.2) is 48.5 Å². The second-order valence-corrected chi connectivity index (χ2v) is 5.45. The lowest BCUT2D eigenvalue weighted by atomic mass is 10.1. The maximum Gasteiger partial charge on any atom is 0.231 e. The van der Waals surface area contributed by atoms with E-state index in [1.165, 1.54) is 11.1 Å². The van der Waals surface area contributed by atoms with Gasteiger partial charge in [-0.3, -0.25) is 0 Å². The molecule has 3 heteroatoms. The zero-order valence-corrected chi connectivity index (χ0v) is 12.3. The molecule has 0 aliphatic carbocycles. The van der Waals surface area contributed by atoms with Crippen LogP contribution in [0.1, 0.15) is 18.1 Å². The summed E-state index contributed by atoms with van der Waals surface area (Å²) in [6.07, 6.45) is 2.00. The highest BCUT2D eigenvalue weighted by Gasteiger charge is 2.18. The van der Waals surface area contributed by atoms with Crippen LogP contribution in [-0.2, 0) is 12.8 Å². The first-order valence-corrected chi connectivity index (χ1v) is 7.48. The van der Waals surface area contributed by atoms with Gasteiger partial charge in [-0.2, -0.15) is 0 Å². The summed E-state index contributed by atoms with van der Waals surface area (Å²) in [6.45, 7) is 3.53. The summed E-state index contributed by atoms with van der Waals surface area (Å²) in [4.78, 5) is 0. The number of benzene rings is 2. The van der Waals surface area contributed by atoms with E-state index in [0.29, 0.717) is 12.8 Å². The predicted molar refractivity (Wildman–Crippen MR) is 83.9 cm³/mol. The van der Waals surface area contributed by atoms with E-state index in [1.54, 1.807) is 0 Å². The van der Waals surface area contributed by atoms with E-state index in [2.05, 4.69) is 48.6 Å². The molecule has 110 valence electrons. The third-order valence-corrected chi connectivity index (χ3v) is 3.75. The monoisotopic (exact) mass is 283 g/mol. The van der Waals surface area contributed by atoms with E-state index in [1.807, 2.05) is 12.1 Å². The van der Waals surface area contributed by atoms with Crippen molar-refractivity contribution in [2.24, 2.45) is 0 Å².